The number of pyridine rings is 1. The topological polar surface area (TPSA) is 88.9 Å². The van der Waals surface area contributed by atoms with Crippen molar-refractivity contribution in [2.45, 2.75) is 6.92 Å². The van der Waals surface area contributed by atoms with E-state index in [-0.39, 0.29) is 11.1 Å². The number of para-hydroxylation sites is 1. The minimum absolute atomic E-state index is 0.169. The van der Waals surface area contributed by atoms with Crippen LogP contribution in [0.5, 0.6) is 0 Å². The van der Waals surface area contributed by atoms with Gasteiger partial charge in [0.15, 0.2) is 11.2 Å². The molecule has 5 aromatic rings. The van der Waals surface area contributed by atoms with E-state index in [1.54, 1.807) is 53.2 Å². The second-order valence-electron chi connectivity index (χ2n) is 6.76. The van der Waals surface area contributed by atoms with E-state index in [0.29, 0.717) is 27.4 Å². The van der Waals surface area contributed by atoms with Crippen molar-refractivity contribution in [2.24, 2.45) is 0 Å². The number of aryl methyl sites for hydroxylation is 1. The molecule has 2 aromatic carbocycles. The highest BCUT2D eigenvalue weighted by Crippen LogP contribution is 2.29. The van der Waals surface area contributed by atoms with Gasteiger partial charge in [-0.15, -0.1) is 10.2 Å². The molecular formula is C22H13ClN6O. The van der Waals surface area contributed by atoms with Gasteiger partial charge in [0.05, 0.1) is 22.5 Å². The van der Waals surface area contributed by atoms with Crippen LogP contribution < -0.4 is 5.56 Å². The van der Waals surface area contributed by atoms with Crippen molar-refractivity contribution in [1.82, 2.24) is 24.4 Å². The molecule has 0 unspecified atom stereocenters. The van der Waals surface area contributed by atoms with Crippen LogP contribution in [-0.2, 0) is 0 Å². The predicted molar refractivity (Wildman–Crippen MR) is 114 cm³/mol. The van der Waals surface area contributed by atoms with Gasteiger partial charge in [0.25, 0.3) is 5.56 Å². The van der Waals surface area contributed by atoms with Crippen molar-refractivity contribution in [2.75, 3.05) is 0 Å². The Balaban J connectivity index is 1.78. The zero-order valence-electron chi connectivity index (χ0n) is 15.7. The normalized spacial score (nSPS) is 11.1. The lowest BCUT2D eigenvalue weighted by atomic mass is 10.1. The Morgan fingerprint density at radius 2 is 1.80 bits per heavy atom. The first-order chi connectivity index (χ1) is 14.6. The van der Waals surface area contributed by atoms with E-state index in [9.17, 15) is 10.1 Å². The Hall–Kier alpha value is -4.02. The van der Waals surface area contributed by atoms with Gasteiger partial charge in [-0.05, 0) is 42.8 Å². The van der Waals surface area contributed by atoms with E-state index in [2.05, 4.69) is 21.4 Å². The van der Waals surface area contributed by atoms with Gasteiger partial charge in [-0.2, -0.15) is 10.4 Å². The van der Waals surface area contributed by atoms with Crippen LogP contribution >= 0.6 is 11.6 Å². The van der Waals surface area contributed by atoms with E-state index in [0.717, 1.165) is 16.8 Å². The molecule has 7 nitrogen and oxygen atoms in total. The number of nitrogens with zero attached hydrogens (tertiary/aromatic N) is 6. The first kappa shape index (κ1) is 18.0. The molecule has 5 rings (SSSR count). The number of nitriles is 1. The summed E-state index contributed by atoms with van der Waals surface area (Å²) < 4.78 is 3.03. The maximum Gasteiger partial charge on any atom is 0.285 e. The molecule has 0 radical (unpaired) electrons. The van der Waals surface area contributed by atoms with E-state index in [1.807, 2.05) is 19.1 Å². The summed E-state index contributed by atoms with van der Waals surface area (Å²) in [5.41, 5.74) is 4.29. The smallest absolute Gasteiger partial charge is 0.281 e. The van der Waals surface area contributed by atoms with Gasteiger partial charge in [0.2, 0.25) is 0 Å². The van der Waals surface area contributed by atoms with Crippen molar-refractivity contribution in [1.29, 1.82) is 5.26 Å². The molecule has 0 atom stereocenters. The van der Waals surface area contributed by atoms with E-state index >= 15 is 0 Å². The van der Waals surface area contributed by atoms with Gasteiger partial charge in [-0.25, -0.2) is 4.52 Å². The van der Waals surface area contributed by atoms with Crippen LogP contribution in [0.15, 0.2) is 65.6 Å². The molecule has 0 amide bonds. The molecule has 0 N–H and O–H groups in total. The quantitative estimate of drug-likeness (QED) is 0.438. The van der Waals surface area contributed by atoms with Crippen molar-refractivity contribution in [3.05, 3.63) is 87.4 Å². The lowest BCUT2D eigenvalue weighted by molar-refractivity contribution is 0.905. The summed E-state index contributed by atoms with van der Waals surface area (Å²) in [6.45, 7) is 1.88. The summed E-state index contributed by atoms with van der Waals surface area (Å²) in [5.74, 6) is 0. The third kappa shape index (κ3) is 2.66. The number of halogens is 1. The van der Waals surface area contributed by atoms with Crippen molar-refractivity contribution < 1.29 is 0 Å². The molecule has 144 valence electrons. The van der Waals surface area contributed by atoms with Gasteiger partial charge in [-0.1, -0.05) is 35.9 Å². The molecule has 0 aliphatic rings. The summed E-state index contributed by atoms with van der Waals surface area (Å²) in [7, 11) is 0. The van der Waals surface area contributed by atoms with Gasteiger partial charge in [-0.3, -0.25) is 9.36 Å². The van der Waals surface area contributed by atoms with Crippen molar-refractivity contribution in [3.8, 4) is 22.9 Å². The fraction of sp³-hybridized carbons (Fsp3) is 0.0455. The van der Waals surface area contributed by atoms with E-state index in [1.165, 1.54) is 4.57 Å². The maximum absolute atomic E-state index is 13.1. The number of aromatic nitrogens is 5. The Bertz CT molecular complexity index is 1540. The molecule has 0 bridgehead atoms. The minimum atomic E-state index is -0.370. The van der Waals surface area contributed by atoms with Gasteiger partial charge in [0.1, 0.15) is 11.6 Å². The molecular weight excluding hydrogens is 400 g/mol. The molecule has 0 saturated carbocycles. The summed E-state index contributed by atoms with van der Waals surface area (Å²) in [5, 5.41) is 23.1. The zero-order valence-corrected chi connectivity index (χ0v) is 16.5. The first-order valence-electron chi connectivity index (χ1n) is 9.11. The summed E-state index contributed by atoms with van der Waals surface area (Å²) in [6, 6.07) is 18.2. The molecule has 0 fully saturated rings. The summed E-state index contributed by atoms with van der Waals surface area (Å²) >= 11 is 6.01. The largest absolute Gasteiger partial charge is 0.285 e. The maximum atomic E-state index is 13.1. The Morgan fingerprint density at radius 1 is 1.03 bits per heavy atom. The molecule has 3 heterocycles. The molecule has 0 aliphatic carbocycles. The first-order valence-corrected chi connectivity index (χ1v) is 9.49. The number of hydrogen-bond donors (Lipinski definition) is 0. The fourth-order valence-corrected chi connectivity index (χ4v) is 3.70. The molecule has 3 aromatic heterocycles. The lowest BCUT2D eigenvalue weighted by Gasteiger charge is -2.08. The van der Waals surface area contributed by atoms with E-state index < -0.39 is 0 Å². The highest BCUT2D eigenvalue weighted by Gasteiger charge is 2.18. The van der Waals surface area contributed by atoms with Crippen LogP contribution in [0.25, 0.3) is 33.5 Å². The molecule has 0 aliphatic heterocycles. The Labute approximate surface area is 175 Å². The second kappa shape index (κ2) is 6.79. The van der Waals surface area contributed by atoms with Gasteiger partial charge in [0, 0.05) is 11.2 Å². The number of benzene rings is 2. The van der Waals surface area contributed by atoms with Crippen LogP contribution in [-0.4, -0.2) is 24.4 Å². The summed E-state index contributed by atoms with van der Waals surface area (Å²) in [6.07, 6.45) is 1.63. The minimum Gasteiger partial charge on any atom is -0.281 e. The number of rotatable bonds is 2. The average molecular weight is 413 g/mol. The second-order valence-corrected chi connectivity index (χ2v) is 7.19. The lowest BCUT2D eigenvalue weighted by Crippen LogP contribution is -2.21. The Morgan fingerprint density at radius 3 is 2.57 bits per heavy atom. The number of fused-ring (bicyclic) bond motifs is 3. The number of hydrogen-bond acceptors (Lipinski definition) is 5. The zero-order chi connectivity index (χ0) is 20.8. The fourth-order valence-electron chi connectivity index (χ4n) is 3.58. The van der Waals surface area contributed by atoms with Gasteiger partial charge < -0.3 is 0 Å². The van der Waals surface area contributed by atoms with Crippen LogP contribution in [0.1, 0.15) is 11.3 Å². The summed E-state index contributed by atoms with van der Waals surface area (Å²) in [4.78, 5) is 13.1. The molecule has 8 heteroatoms. The standard InChI is InChI=1S/C22H13ClN6O/c1-13-19(14-6-8-16(23)9-7-14)21-26-25-20-18(29(21)27-13)10-11-28(22(20)30)17-5-3-2-4-15(17)12-24/h2-11H,1H3. The SMILES string of the molecule is Cc1nn2c(nnc3c(=O)n(-c4ccccc4C#N)ccc32)c1-c1ccc(Cl)cc1. The van der Waals surface area contributed by atoms with E-state index in [4.69, 9.17) is 11.6 Å². The monoisotopic (exact) mass is 412 g/mol. The van der Waals surface area contributed by atoms with Gasteiger partial charge >= 0.3 is 0 Å². The highest BCUT2D eigenvalue weighted by atomic mass is 35.5. The molecule has 0 spiro atoms. The van der Waals surface area contributed by atoms with Crippen LogP contribution in [0, 0.1) is 18.3 Å². The van der Waals surface area contributed by atoms with Crippen LogP contribution in [0.3, 0.4) is 0 Å². The third-order valence-corrected chi connectivity index (χ3v) is 5.22. The average Bonchev–Trinajstić information content (AvgIpc) is 3.11. The van der Waals surface area contributed by atoms with Crippen molar-refractivity contribution >= 4 is 28.3 Å². The Kier molecular flexibility index (Phi) is 4.09. The predicted octanol–water partition coefficient (Wildman–Crippen LogP) is 3.93. The van der Waals surface area contributed by atoms with Crippen LogP contribution in [0.4, 0.5) is 0 Å². The molecule has 0 saturated heterocycles. The van der Waals surface area contributed by atoms with Crippen molar-refractivity contribution in [3.63, 3.8) is 0 Å². The highest BCUT2D eigenvalue weighted by molar-refractivity contribution is 6.30. The molecule has 30 heavy (non-hydrogen) atoms. The third-order valence-electron chi connectivity index (χ3n) is 4.97. The van der Waals surface area contributed by atoms with Crippen LogP contribution in [0.2, 0.25) is 5.02 Å².